The van der Waals surface area contributed by atoms with Gasteiger partial charge in [-0.15, -0.1) is 15.0 Å². The number of aliphatic hydroxyl groups excluding tert-OH is 1. The number of esters is 2. The van der Waals surface area contributed by atoms with Crippen molar-refractivity contribution in [2.45, 2.75) is 20.1 Å². The lowest BCUT2D eigenvalue weighted by Crippen LogP contribution is -2.22. The minimum Gasteiger partial charge on any atom is -0.505 e. The molecule has 4 aromatic rings. The van der Waals surface area contributed by atoms with Crippen molar-refractivity contribution in [1.82, 2.24) is 15.0 Å². The minimum absolute atomic E-state index is 0.0639. The third-order valence-electron chi connectivity index (χ3n) is 6.06. The number of carbonyl (C=O) groups is 2. The van der Waals surface area contributed by atoms with Crippen LogP contribution in [-0.2, 0) is 32.2 Å². The molecule has 1 aromatic heterocycles. The van der Waals surface area contributed by atoms with E-state index in [9.17, 15) is 19.8 Å². The summed E-state index contributed by atoms with van der Waals surface area (Å²) in [6.07, 6.45) is 1.41. The molecule has 0 amide bonds. The summed E-state index contributed by atoms with van der Waals surface area (Å²) in [6, 6.07) is 18.0. The van der Waals surface area contributed by atoms with Crippen LogP contribution in [0.3, 0.4) is 0 Å². The van der Waals surface area contributed by atoms with Gasteiger partial charge in [0.2, 0.25) is 0 Å². The number of phenolic OH excluding ortho intramolecular Hbond substituents is 1. The van der Waals surface area contributed by atoms with E-state index in [0.717, 1.165) is 11.3 Å². The molecule has 3 aromatic carbocycles. The average molecular weight is 517 g/mol. The number of phenols is 1. The van der Waals surface area contributed by atoms with Gasteiger partial charge in [-0.2, -0.15) is 0 Å². The van der Waals surface area contributed by atoms with Crippen molar-refractivity contribution in [3.8, 4) is 11.4 Å². The van der Waals surface area contributed by atoms with Gasteiger partial charge in [0.15, 0.2) is 0 Å². The molecule has 0 atom stereocenters. The third-order valence-corrected chi connectivity index (χ3v) is 6.06. The lowest BCUT2D eigenvalue weighted by atomic mass is 10.1. The number of aromatic nitrogens is 3. The zero-order valence-corrected chi connectivity index (χ0v) is 21.3. The highest BCUT2D eigenvalue weighted by atomic mass is 16.5. The Balaban J connectivity index is 1.58. The molecule has 38 heavy (non-hydrogen) atoms. The van der Waals surface area contributed by atoms with Crippen molar-refractivity contribution < 1.29 is 29.3 Å². The maximum atomic E-state index is 11.9. The van der Waals surface area contributed by atoms with Gasteiger partial charge in [0.05, 0.1) is 20.8 Å². The number of methoxy groups -OCH3 is 2. The zero-order chi connectivity index (χ0) is 27.2. The van der Waals surface area contributed by atoms with E-state index >= 15 is 0 Å². The Morgan fingerprint density at radius 2 is 1.66 bits per heavy atom. The van der Waals surface area contributed by atoms with Crippen molar-refractivity contribution >= 4 is 34.7 Å². The molecule has 0 saturated carbocycles. The molecule has 0 bridgehead atoms. The van der Waals surface area contributed by atoms with Crippen LogP contribution < -0.4 is 4.90 Å². The monoisotopic (exact) mass is 516 g/mol. The first kappa shape index (κ1) is 26.4. The number of nitrogens with zero attached hydrogens (tertiary/aromatic N) is 4. The minimum atomic E-state index is -0.778. The third kappa shape index (κ3) is 5.50. The van der Waals surface area contributed by atoms with Gasteiger partial charge < -0.3 is 24.6 Å². The summed E-state index contributed by atoms with van der Waals surface area (Å²) in [5.74, 6) is -1.49. The molecule has 0 unspecified atom stereocenters. The molecule has 196 valence electrons. The van der Waals surface area contributed by atoms with E-state index < -0.39 is 11.9 Å². The first-order valence-corrected chi connectivity index (χ1v) is 11.9. The number of para-hydroxylation sites is 1. The van der Waals surface area contributed by atoms with Crippen LogP contribution in [0.5, 0.6) is 5.75 Å². The molecule has 0 aliphatic heterocycles. The average Bonchev–Trinajstić information content (AvgIpc) is 3.38. The summed E-state index contributed by atoms with van der Waals surface area (Å²) in [5, 5.41) is 29.4. The van der Waals surface area contributed by atoms with E-state index in [1.54, 1.807) is 36.4 Å². The number of anilines is 1. The Hall–Kier alpha value is -4.70. The number of aliphatic hydroxyl groups is 1. The van der Waals surface area contributed by atoms with Crippen LogP contribution in [0.4, 0.5) is 5.69 Å². The number of fused-ring (bicyclic) bond motifs is 1. The fourth-order valence-electron chi connectivity index (χ4n) is 3.99. The lowest BCUT2D eigenvalue weighted by Gasteiger charge is -2.24. The van der Waals surface area contributed by atoms with Gasteiger partial charge in [-0.25, -0.2) is 9.59 Å². The fraction of sp³-hybridized carbons (Fsp3) is 0.214. The highest BCUT2D eigenvalue weighted by Crippen LogP contribution is 2.29. The van der Waals surface area contributed by atoms with E-state index in [4.69, 9.17) is 0 Å². The summed E-state index contributed by atoms with van der Waals surface area (Å²) in [7, 11) is 2.40. The van der Waals surface area contributed by atoms with Crippen molar-refractivity contribution in [3.63, 3.8) is 0 Å². The predicted molar refractivity (Wildman–Crippen MR) is 142 cm³/mol. The molecule has 4 rings (SSSR count). The summed E-state index contributed by atoms with van der Waals surface area (Å²) in [5.41, 5.74) is 4.43. The molecule has 10 heteroatoms. The van der Waals surface area contributed by atoms with E-state index in [2.05, 4.69) is 24.6 Å². The molecule has 0 aliphatic rings. The number of carbonyl (C=O) groups excluding carboxylic acids is 2. The van der Waals surface area contributed by atoms with Crippen molar-refractivity contribution in [3.05, 3.63) is 82.9 Å². The number of hydrogen-bond donors (Lipinski definition) is 2. The van der Waals surface area contributed by atoms with Gasteiger partial charge in [-0.1, -0.05) is 30.3 Å². The highest BCUT2D eigenvalue weighted by molar-refractivity contribution is 6.17. The predicted octanol–water partition coefficient (Wildman–Crippen LogP) is 3.37. The quantitative estimate of drug-likeness (QED) is 0.149. The van der Waals surface area contributed by atoms with Gasteiger partial charge in [0, 0.05) is 24.3 Å². The number of hydrogen-bond acceptors (Lipinski definition) is 9. The lowest BCUT2D eigenvalue weighted by molar-refractivity contribution is -0.143. The zero-order valence-electron chi connectivity index (χ0n) is 21.3. The van der Waals surface area contributed by atoms with Crippen molar-refractivity contribution in [1.29, 1.82) is 0 Å². The number of aromatic hydroxyl groups is 1. The molecule has 0 radical (unpaired) electrons. The van der Waals surface area contributed by atoms with Crippen LogP contribution in [0.2, 0.25) is 0 Å². The molecular formula is C28H28N4O6. The van der Waals surface area contributed by atoms with Crippen molar-refractivity contribution in [2.24, 2.45) is 0 Å². The van der Waals surface area contributed by atoms with Gasteiger partial charge >= 0.3 is 11.9 Å². The van der Waals surface area contributed by atoms with Gasteiger partial charge in [-0.3, -0.25) is 0 Å². The molecular weight excluding hydrogens is 488 g/mol. The van der Waals surface area contributed by atoms with E-state index in [-0.39, 0.29) is 17.9 Å². The maximum absolute atomic E-state index is 11.9. The Kier molecular flexibility index (Phi) is 8.03. The maximum Gasteiger partial charge on any atom is 0.345 e. The van der Waals surface area contributed by atoms with Crippen LogP contribution in [0.1, 0.15) is 23.6 Å². The first-order chi connectivity index (χ1) is 18.4. The Bertz CT molecular complexity index is 1480. The molecule has 0 aliphatic carbocycles. The Morgan fingerprint density at radius 3 is 2.29 bits per heavy atom. The Morgan fingerprint density at radius 1 is 0.974 bits per heavy atom. The second kappa shape index (κ2) is 11.6. The molecule has 0 spiro atoms. The van der Waals surface area contributed by atoms with Crippen LogP contribution in [0.25, 0.3) is 22.8 Å². The molecule has 1 heterocycles. The topological polar surface area (TPSA) is 127 Å². The SMILES string of the molecule is CCN(Cc1cccc(-n2nc3ccc(CO)cc3n2)c1O)c1ccc(C=C(C(=O)OC)C(=O)OC)cc1. The summed E-state index contributed by atoms with van der Waals surface area (Å²) in [6.45, 7) is 2.98. The normalized spacial score (nSPS) is 10.7. The van der Waals surface area contributed by atoms with Crippen LogP contribution in [-0.4, -0.2) is 57.9 Å². The van der Waals surface area contributed by atoms with Gasteiger partial charge in [-0.05, 0) is 54.5 Å². The molecule has 10 nitrogen and oxygen atoms in total. The van der Waals surface area contributed by atoms with Crippen LogP contribution >= 0.6 is 0 Å². The smallest absolute Gasteiger partial charge is 0.345 e. The fourth-order valence-corrected chi connectivity index (χ4v) is 3.99. The number of ether oxygens (including phenoxy) is 2. The second-order valence-corrected chi connectivity index (χ2v) is 8.40. The number of benzene rings is 3. The summed E-state index contributed by atoms with van der Waals surface area (Å²) >= 11 is 0. The highest BCUT2D eigenvalue weighted by Gasteiger charge is 2.20. The standard InChI is InChI=1S/C28H28N4O6/c1-4-31(21-11-8-18(9-12-21)14-22(27(35)37-2)28(36)38-3)16-20-6-5-7-25(26(20)34)32-29-23-13-10-19(17-33)15-24(23)30-32/h5-15,33-34H,4,16-17H2,1-3H3. The molecule has 2 N–H and O–H groups in total. The van der Waals surface area contributed by atoms with Crippen molar-refractivity contribution in [2.75, 3.05) is 25.7 Å². The van der Waals surface area contributed by atoms with Crippen LogP contribution in [0.15, 0.2) is 66.2 Å². The largest absolute Gasteiger partial charge is 0.505 e. The number of rotatable bonds is 9. The molecule has 0 fully saturated rings. The second-order valence-electron chi connectivity index (χ2n) is 8.40. The van der Waals surface area contributed by atoms with Gasteiger partial charge in [0.25, 0.3) is 0 Å². The van der Waals surface area contributed by atoms with Gasteiger partial charge in [0.1, 0.15) is 28.0 Å². The van der Waals surface area contributed by atoms with E-state index in [0.29, 0.717) is 40.9 Å². The first-order valence-electron chi connectivity index (χ1n) is 11.9. The summed E-state index contributed by atoms with van der Waals surface area (Å²) in [4.78, 5) is 27.3. The van der Waals surface area contributed by atoms with E-state index in [1.165, 1.54) is 25.1 Å². The molecule has 0 saturated heterocycles. The summed E-state index contributed by atoms with van der Waals surface area (Å²) < 4.78 is 9.35. The van der Waals surface area contributed by atoms with Crippen LogP contribution in [0, 0.1) is 0 Å². The van der Waals surface area contributed by atoms with E-state index in [1.807, 2.05) is 31.2 Å². The Labute approximate surface area is 219 Å².